The summed E-state index contributed by atoms with van der Waals surface area (Å²) in [4.78, 5) is 2.33. The van der Waals surface area contributed by atoms with Gasteiger partial charge >= 0.3 is 0 Å². The molecule has 0 aromatic heterocycles. The number of nitrogens with zero attached hydrogens (tertiary/aromatic N) is 1. The second-order valence-corrected chi connectivity index (χ2v) is 5.61. The first-order valence-corrected chi connectivity index (χ1v) is 7.25. The van der Waals surface area contributed by atoms with E-state index in [1.807, 2.05) is 24.3 Å². The minimum Gasteiger partial charge on any atom is -0.387 e. The number of benzene rings is 1. The van der Waals surface area contributed by atoms with Gasteiger partial charge in [0.1, 0.15) is 0 Å². The predicted molar refractivity (Wildman–Crippen MR) is 82.8 cm³/mol. The SMILES string of the molecule is CCC1COCCN1CC(O)c1ccc(Br)cc1.Cl. The van der Waals surface area contributed by atoms with Crippen LogP contribution in [0.2, 0.25) is 0 Å². The molecule has 1 saturated heterocycles. The van der Waals surface area contributed by atoms with Gasteiger partial charge in [0.15, 0.2) is 0 Å². The molecule has 0 spiro atoms. The lowest BCUT2D eigenvalue weighted by atomic mass is 10.1. The fraction of sp³-hybridized carbons (Fsp3) is 0.571. The second-order valence-electron chi connectivity index (χ2n) is 4.70. The predicted octanol–water partition coefficient (Wildman–Crippen LogP) is 3.02. The Balaban J connectivity index is 0.00000180. The molecule has 1 N–H and O–H groups in total. The third kappa shape index (κ3) is 4.72. The molecule has 3 nitrogen and oxygen atoms in total. The zero-order chi connectivity index (χ0) is 13.0. The molecule has 108 valence electrons. The van der Waals surface area contributed by atoms with Crippen molar-refractivity contribution >= 4 is 28.3 Å². The van der Waals surface area contributed by atoms with Crippen LogP contribution in [0.5, 0.6) is 0 Å². The number of hydrogen-bond donors (Lipinski definition) is 1. The van der Waals surface area contributed by atoms with Crippen LogP contribution < -0.4 is 0 Å². The van der Waals surface area contributed by atoms with Crippen LogP contribution in [0.1, 0.15) is 25.0 Å². The average Bonchev–Trinajstić information content (AvgIpc) is 2.40. The highest BCUT2D eigenvalue weighted by Gasteiger charge is 2.23. The van der Waals surface area contributed by atoms with Gasteiger partial charge in [-0.25, -0.2) is 0 Å². The van der Waals surface area contributed by atoms with E-state index in [1.165, 1.54) is 0 Å². The topological polar surface area (TPSA) is 32.7 Å². The van der Waals surface area contributed by atoms with E-state index in [-0.39, 0.29) is 12.4 Å². The Kier molecular flexibility index (Phi) is 7.32. The normalized spacial score (nSPS) is 21.7. The Morgan fingerprint density at radius 1 is 1.42 bits per heavy atom. The van der Waals surface area contributed by atoms with Gasteiger partial charge in [-0.1, -0.05) is 35.0 Å². The van der Waals surface area contributed by atoms with Crippen LogP contribution in [0.25, 0.3) is 0 Å². The standard InChI is InChI=1S/C14H20BrNO2.ClH/c1-2-13-10-18-8-7-16(13)9-14(17)11-3-5-12(15)6-4-11;/h3-6,13-14,17H,2,7-10H2,1H3;1H. The van der Waals surface area contributed by atoms with E-state index in [0.717, 1.165) is 36.2 Å². The van der Waals surface area contributed by atoms with Crippen LogP contribution in [0.3, 0.4) is 0 Å². The summed E-state index contributed by atoms with van der Waals surface area (Å²) < 4.78 is 6.51. The van der Waals surface area contributed by atoms with Gasteiger partial charge in [-0.05, 0) is 24.1 Å². The smallest absolute Gasteiger partial charge is 0.0917 e. The fourth-order valence-corrected chi connectivity index (χ4v) is 2.58. The Labute approximate surface area is 129 Å². The summed E-state index contributed by atoms with van der Waals surface area (Å²) in [6.07, 6.45) is 0.637. The van der Waals surface area contributed by atoms with Crippen molar-refractivity contribution in [2.75, 3.05) is 26.3 Å². The first kappa shape index (κ1) is 16.9. The van der Waals surface area contributed by atoms with Crippen molar-refractivity contribution in [1.29, 1.82) is 0 Å². The summed E-state index contributed by atoms with van der Waals surface area (Å²) in [6.45, 7) is 5.31. The van der Waals surface area contributed by atoms with E-state index in [0.29, 0.717) is 12.6 Å². The van der Waals surface area contributed by atoms with Gasteiger partial charge in [0.2, 0.25) is 0 Å². The number of aliphatic hydroxyl groups excluding tert-OH is 1. The van der Waals surface area contributed by atoms with Crippen LogP contribution in [0.15, 0.2) is 28.7 Å². The maximum Gasteiger partial charge on any atom is 0.0917 e. The molecule has 0 aliphatic carbocycles. The van der Waals surface area contributed by atoms with Crippen LogP contribution in [-0.2, 0) is 4.74 Å². The fourth-order valence-electron chi connectivity index (χ4n) is 2.32. The minimum absolute atomic E-state index is 0. The molecule has 5 heteroatoms. The zero-order valence-electron chi connectivity index (χ0n) is 11.1. The third-order valence-electron chi connectivity index (χ3n) is 3.48. The zero-order valence-corrected chi connectivity index (χ0v) is 13.5. The van der Waals surface area contributed by atoms with Gasteiger partial charge in [-0.3, -0.25) is 4.90 Å². The highest BCUT2D eigenvalue weighted by atomic mass is 79.9. The van der Waals surface area contributed by atoms with E-state index < -0.39 is 6.10 Å². The molecule has 1 heterocycles. The summed E-state index contributed by atoms with van der Waals surface area (Å²) in [5.74, 6) is 0. The lowest BCUT2D eigenvalue weighted by Gasteiger charge is -2.36. The van der Waals surface area contributed by atoms with Crippen LogP contribution in [0, 0.1) is 0 Å². The van der Waals surface area contributed by atoms with Crippen molar-refractivity contribution in [2.24, 2.45) is 0 Å². The number of β-amino-alcohol motifs (C(OH)–C–C–N with tert-alkyl or cyclic N) is 1. The largest absolute Gasteiger partial charge is 0.387 e. The van der Waals surface area contributed by atoms with Crippen molar-refractivity contribution < 1.29 is 9.84 Å². The Hall–Kier alpha value is -0.130. The molecule has 0 radical (unpaired) electrons. The monoisotopic (exact) mass is 349 g/mol. The molecule has 1 fully saturated rings. The molecule has 1 aromatic carbocycles. The van der Waals surface area contributed by atoms with Crippen molar-refractivity contribution in [1.82, 2.24) is 4.90 Å². The number of halogens is 2. The minimum atomic E-state index is -0.426. The van der Waals surface area contributed by atoms with Crippen LogP contribution >= 0.6 is 28.3 Å². The molecule has 19 heavy (non-hydrogen) atoms. The van der Waals surface area contributed by atoms with Crippen molar-refractivity contribution in [3.63, 3.8) is 0 Å². The summed E-state index contributed by atoms with van der Waals surface area (Å²) >= 11 is 3.41. The van der Waals surface area contributed by atoms with Gasteiger partial charge in [0, 0.05) is 23.6 Å². The number of hydrogen-bond acceptors (Lipinski definition) is 3. The van der Waals surface area contributed by atoms with E-state index in [2.05, 4.69) is 27.8 Å². The molecular formula is C14H21BrClNO2. The van der Waals surface area contributed by atoms with E-state index >= 15 is 0 Å². The Morgan fingerprint density at radius 3 is 2.74 bits per heavy atom. The first-order chi connectivity index (χ1) is 8.70. The molecule has 1 aliphatic heterocycles. The van der Waals surface area contributed by atoms with E-state index in [9.17, 15) is 5.11 Å². The van der Waals surface area contributed by atoms with Gasteiger partial charge < -0.3 is 9.84 Å². The molecule has 2 atom stereocenters. The van der Waals surface area contributed by atoms with Crippen molar-refractivity contribution in [3.05, 3.63) is 34.3 Å². The number of ether oxygens (including phenoxy) is 1. The molecule has 1 aliphatic rings. The summed E-state index contributed by atoms with van der Waals surface area (Å²) in [5.41, 5.74) is 0.972. The van der Waals surface area contributed by atoms with Gasteiger partial charge in [0.25, 0.3) is 0 Å². The molecule has 2 rings (SSSR count). The Bertz CT molecular complexity index is 374. The average molecular weight is 351 g/mol. The molecule has 2 unspecified atom stereocenters. The molecule has 0 amide bonds. The van der Waals surface area contributed by atoms with Gasteiger partial charge in [0.05, 0.1) is 19.3 Å². The molecule has 0 saturated carbocycles. The maximum absolute atomic E-state index is 10.3. The summed E-state index contributed by atoms with van der Waals surface area (Å²) in [7, 11) is 0. The number of morpholine rings is 1. The van der Waals surface area contributed by atoms with E-state index in [1.54, 1.807) is 0 Å². The highest BCUT2D eigenvalue weighted by molar-refractivity contribution is 9.10. The van der Waals surface area contributed by atoms with Gasteiger partial charge in [-0.2, -0.15) is 0 Å². The molecule has 1 aromatic rings. The first-order valence-electron chi connectivity index (χ1n) is 6.46. The van der Waals surface area contributed by atoms with Crippen molar-refractivity contribution in [2.45, 2.75) is 25.5 Å². The lowest BCUT2D eigenvalue weighted by molar-refractivity contribution is -0.0277. The lowest BCUT2D eigenvalue weighted by Crippen LogP contribution is -2.46. The maximum atomic E-state index is 10.3. The Morgan fingerprint density at radius 2 is 2.11 bits per heavy atom. The number of rotatable bonds is 4. The van der Waals surface area contributed by atoms with Crippen molar-refractivity contribution in [3.8, 4) is 0 Å². The van der Waals surface area contributed by atoms with Crippen LogP contribution in [0.4, 0.5) is 0 Å². The highest BCUT2D eigenvalue weighted by Crippen LogP contribution is 2.20. The van der Waals surface area contributed by atoms with Crippen LogP contribution in [-0.4, -0.2) is 42.4 Å². The summed E-state index contributed by atoms with van der Waals surface area (Å²) in [5, 5.41) is 10.3. The third-order valence-corrected chi connectivity index (χ3v) is 4.01. The number of aliphatic hydroxyl groups is 1. The second kappa shape index (κ2) is 8.22. The molecule has 0 bridgehead atoms. The van der Waals surface area contributed by atoms with Gasteiger partial charge in [-0.15, -0.1) is 12.4 Å². The quantitative estimate of drug-likeness (QED) is 0.906. The molecular weight excluding hydrogens is 330 g/mol. The van der Waals surface area contributed by atoms with E-state index in [4.69, 9.17) is 4.74 Å². The summed E-state index contributed by atoms with van der Waals surface area (Å²) in [6, 6.07) is 8.31.